The van der Waals surface area contributed by atoms with Crippen molar-refractivity contribution >= 4 is 0 Å². The highest BCUT2D eigenvalue weighted by Gasteiger charge is 2.04. The Morgan fingerprint density at radius 1 is 0.857 bits per heavy atom. The molecule has 0 aliphatic rings. The molecule has 1 aromatic rings. The topological polar surface area (TPSA) is 30.7 Å². The predicted octanol–water partition coefficient (Wildman–Crippen LogP) is 5.25. The summed E-state index contributed by atoms with van der Waals surface area (Å²) in [7, 11) is 0. The van der Waals surface area contributed by atoms with Crippen molar-refractivity contribution in [3.05, 3.63) is 11.9 Å². The van der Waals surface area contributed by atoms with Crippen LogP contribution < -0.4 is 0 Å². The van der Waals surface area contributed by atoms with Crippen LogP contribution in [0.15, 0.2) is 6.20 Å². The first kappa shape index (κ1) is 18.2. The van der Waals surface area contributed by atoms with Gasteiger partial charge in [-0.25, -0.2) is 4.68 Å². The SMILES string of the molecule is CC(C)CCCCCCCc1cnnn1CCCC(C)C. The highest BCUT2D eigenvalue weighted by molar-refractivity contribution is 4.93. The Balaban J connectivity index is 2.10. The van der Waals surface area contributed by atoms with Gasteiger partial charge in [0, 0.05) is 6.54 Å². The molecule has 0 spiro atoms. The summed E-state index contributed by atoms with van der Waals surface area (Å²) in [5.41, 5.74) is 1.32. The molecule has 0 atom stereocenters. The van der Waals surface area contributed by atoms with Crippen molar-refractivity contribution in [1.82, 2.24) is 15.0 Å². The number of hydrogen-bond acceptors (Lipinski definition) is 2. The number of hydrogen-bond donors (Lipinski definition) is 0. The minimum Gasteiger partial charge on any atom is -0.249 e. The standard InChI is InChI=1S/C18H35N3/c1-16(2)11-8-6-5-7-9-13-18-15-19-20-21(18)14-10-12-17(3)4/h15-17H,5-14H2,1-4H3. The number of rotatable bonds is 12. The van der Waals surface area contributed by atoms with Crippen LogP contribution in [-0.4, -0.2) is 15.0 Å². The second-order valence-corrected chi connectivity index (χ2v) is 7.18. The van der Waals surface area contributed by atoms with Gasteiger partial charge in [0.1, 0.15) is 0 Å². The lowest BCUT2D eigenvalue weighted by Crippen LogP contribution is -2.06. The summed E-state index contributed by atoms with van der Waals surface area (Å²) in [6.07, 6.45) is 13.7. The van der Waals surface area contributed by atoms with E-state index < -0.39 is 0 Å². The van der Waals surface area contributed by atoms with Crippen LogP contribution in [-0.2, 0) is 13.0 Å². The van der Waals surface area contributed by atoms with Crippen molar-refractivity contribution < 1.29 is 0 Å². The van der Waals surface area contributed by atoms with E-state index >= 15 is 0 Å². The molecule has 122 valence electrons. The Bertz CT molecular complexity index is 355. The number of nitrogens with zero attached hydrogens (tertiary/aromatic N) is 3. The molecule has 0 radical (unpaired) electrons. The van der Waals surface area contributed by atoms with E-state index in [1.807, 2.05) is 6.20 Å². The Morgan fingerprint density at radius 3 is 2.19 bits per heavy atom. The van der Waals surface area contributed by atoms with Crippen molar-refractivity contribution in [3.8, 4) is 0 Å². The van der Waals surface area contributed by atoms with Crippen LogP contribution in [0.3, 0.4) is 0 Å². The molecule has 0 saturated heterocycles. The van der Waals surface area contributed by atoms with Gasteiger partial charge in [0.15, 0.2) is 0 Å². The second-order valence-electron chi connectivity index (χ2n) is 7.18. The third kappa shape index (κ3) is 8.90. The van der Waals surface area contributed by atoms with Crippen molar-refractivity contribution in [1.29, 1.82) is 0 Å². The van der Waals surface area contributed by atoms with Crippen molar-refractivity contribution in [2.24, 2.45) is 11.8 Å². The van der Waals surface area contributed by atoms with E-state index in [0.717, 1.165) is 24.8 Å². The normalized spacial score (nSPS) is 11.7. The molecule has 3 heteroatoms. The quantitative estimate of drug-likeness (QED) is 0.492. The molecular weight excluding hydrogens is 258 g/mol. The molecule has 0 amide bonds. The minimum absolute atomic E-state index is 0.780. The van der Waals surface area contributed by atoms with Crippen LogP contribution in [0.4, 0.5) is 0 Å². The highest BCUT2D eigenvalue weighted by Crippen LogP contribution is 2.13. The second kappa shape index (κ2) is 10.8. The van der Waals surface area contributed by atoms with E-state index in [9.17, 15) is 0 Å². The van der Waals surface area contributed by atoms with E-state index in [0.29, 0.717) is 0 Å². The Hall–Kier alpha value is -0.860. The van der Waals surface area contributed by atoms with E-state index in [2.05, 4.69) is 42.7 Å². The zero-order valence-electron chi connectivity index (χ0n) is 14.6. The average molecular weight is 293 g/mol. The van der Waals surface area contributed by atoms with E-state index in [-0.39, 0.29) is 0 Å². The number of unbranched alkanes of at least 4 members (excludes halogenated alkanes) is 4. The van der Waals surface area contributed by atoms with Gasteiger partial charge in [-0.3, -0.25) is 0 Å². The lowest BCUT2D eigenvalue weighted by molar-refractivity contribution is 0.468. The summed E-state index contributed by atoms with van der Waals surface area (Å²) >= 11 is 0. The van der Waals surface area contributed by atoms with Gasteiger partial charge in [-0.1, -0.05) is 65.0 Å². The number of aryl methyl sites for hydroxylation is 2. The third-order valence-electron chi connectivity index (χ3n) is 4.06. The summed E-state index contributed by atoms with van der Waals surface area (Å²) in [6, 6.07) is 0. The molecule has 0 N–H and O–H groups in total. The zero-order valence-corrected chi connectivity index (χ0v) is 14.6. The van der Waals surface area contributed by atoms with Crippen LogP contribution in [0.25, 0.3) is 0 Å². The van der Waals surface area contributed by atoms with Crippen LogP contribution >= 0.6 is 0 Å². The van der Waals surface area contributed by atoms with Crippen molar-refractivity contribution in [2.75, 3.05) is 0 Å². The molecule has 1 rings (SSSR count). The Kier molecular flexibility index (Phi) is 9.36. The van der Waals surface area contributed by atoms with Crippen LogP contribution in [0, 0.1) is 11.8 Å². The van der Waals surface area contributed by atoms with Crippen LogP contribution in [0.5, 0.6) is 0 Å². The monoisotopic (exact) mass is 293 g/mol. The molecule has 0 aliphatic carbocycles. The minimum atomic E-state index is 0.780. The lowest BCUT2D eigenvalue weighted by atomic mass is 10.0. The fourth-order valence-electron chi connectivity index (χ4n) is 2.70. The van der Waals surface area contributed by atoms with Gasteiger partial charge in [0.2, 0.25) is 0 Å². The van der Waals surface area contributed by atoms with Gasteiger partial charge in [-0.2, -0.15) is 0 Å². The van der Waals surface area contributed by atoms with E-state index in [1.54, 1.807) is 0 Å². The first-order valence-corrected chi connectivity index (χ1v) is 8.97. The van der Waals surface area contributed by atoms with Gasteiger partial charge >= 0.3 is 0 Å². The van der Waals surface area contributed by atoms with Gasteiger partial charge in [-0.15, -0.1) is 5.10 Å². The fourth-order valence-corrected chi connectivity index (χ4v) is 2.70. The van der Waals surface area contributed by atoms with Gasteiger partial charge < -0.3 is 0 Å². The first-order chi connectivity index (χ1) is 10.1. The van der Waals surface area contributed by atoms with Gasteiger partial charge in [0.25, 0.3) is 0 Å². The number of aromatic nitrogens is 3. The first-order valence-electron chi connectivity index (χ1n) is 8.97. The molecule has 0 aliphatic heterocycles. The van der Waals surface area contributed by atoms with Crippen LogP contribution in [0.2, 0.25) is 0 Å². The summed E-state index contributed by atoms with van der Waals surface area (Å²) in [6.45, 7) is 10.2. The van der Waals surface area contributed by atoms with Gasteiger partial charge in [0.05, 0.1) is 11.9 Å². The summed E-state index contributed by atoms with van der Waals surface area (Å²) in [5.74, 6) is 1.64. The highest BCUT2D eigenvalue weighted by atomic mass is 15.4. The van der Waals surface area contributed by atoms with E-state index in [4.69, 9.17) is 0 Å². The van der Waals surface area contributed by atoms with Crippen LogP contribution in [0.1, 0.15) is 84.8 Å². The fraction of sp³-hybridized carbons (Fsp3) is 0.889. The molecule has 1 aromatic heterocycles. The summed E-state index contributed by atoms with van der Waals surface area (Å²) in [5, 5.41) is 8.31. The van der Waals surface area contributed by atoms with Crippen molar-refractivity contribution in [2.45, 2.75) is 92.0 Å². The smallest absolute Gasteiger partial charge is 0.0725 e. The maximum absolute atomic E-state index is 4.23. The lowest BCUT2D eigenvalue weighted by Gasteiger charge is -2.08. The average Bonchev–Trinajstić information content (AvgIpc) is 2.84. The Labute approximate surface area is 131 Å². The molecule has 3 nitrogen and oxygen atoms in total. The summed E-state index contributed by atoms with van der Waals surface area (Å²) in [4.78, 5) is 0. The molecule has 0 aromatic carbocycles. The third-order valence-corrected chi connectivity index (χ3v) is 4.06. The molecule has 0 saturated carbocycles. The Morgan fingerprint density at radius 2 is 1.48 bits per heavy atom. The molecule has 0 bridgehead atoms. The molecular formula is C18H35N3. The maximum atomic E-state index is 4.23. The maximum Gasteiger partial charge on any atom is 0.0725 e. The zero-order chi connectivity index (χ0) is 15.5. The summed E-state index contributed by atoms with van der Waals surface area (Å²) < 4.78 is 2.11. The molecule has 1 heterocycles. The molecule has 0 unspecified atom stereocenters. The van der Waals surface area contributed by atoms with Gasteiger partial charge in [-0.05, 0) is 37.5 Å². The predicted molar refractivity (Wildman–Crippen MR) is 90.3 cm³/mol. The molecule has 21 heavy (non-hydrogen) atoms. The van der Waals surface area contributed by atoms with Crippen molar-refractivity contribution in [3.63, 3.8) is 0 Å². The molecule has 0 fully saturated rings. The van der Waals surface area contributed by atoms with E-state index in [1.165, 1.54) is 57.1 Å². The largest absolute Gasteiger partial charge is 0.249 e.